The van der Waals surface area contributed by atoms with E-state index in [9.17, 15) is 0 Å². The molecular weight excluding hydrogens is 432 g/mol. The highest BCUT2D eigenvalue weighted by Crippen LogP contribution is 2.38. The molecule has 3 heterocycles. The van der Waals surface area contributed by atoms with Gasteiger partial charge in [-0.15, -0.1) is 0 Å². The van der Waals surface area contributed by atoms with Crippen LogP contribution in [-0.4, -0.2) is 25.6 Å². The van der Waals surface area contributed by atoms with E-state index in [1.165, 1.54) is 16.5 Å². The van der Waals surface area contributed by atoms with Crippen molar-refractivity contribution >= 4 is 27.6 Å². The number of hydrogen-bond donors (Lipinski definition) is 2. The number of nitrogens with one attached hydrogen (secondary N) is 1. The van der Waals surface area contributed by atoms with Crippen molar-refractivity contribution in [1.82, 2.24) is 19.5 Å². The molecule has 5 aromatic rings. The highest BCUT2D eigenvalue weighted by Gasteiger charge is 2.28. The summed E-state index contributed by atoms with van der Waals surface area (Å²) in [5.74, 6) is 0.500. The summed E-state index contributed by atoms with van der Waals surface area (Å²) in [6, 6.07) is 17.7. The van der Waals surface area contributed by atoms with E-state index >= 15 is 0 Å². The molecule has 0 amide bonds. The van der Waals surface area contributed by atoms with Gasteiger partial charge in [0.2, 0.25) is 0 Å². The van der Waals surface area contributed by atoms with E-state index < -0.39 is 0 Å². The van der Waals surface area contributed by atoms with Gasteiger partial charge in [0.05, 0.1) is 17.1 Å². The Kier molecular flexibility index (Phi) is 5.66. The molecule has 0 spiro atoms. The number of aromatic nitrogens is 4. The third-order valence-electron chi connectivity index (χ3n) is 7.43. The summed E-state index contributed by atoms with van der Waals surface area (Å²) in [7, 11) is 2.08. The number of fused-ring (bicyclic) bond motifs is 2. The summed E-state index contributed by atoms with van der Waals surface area (Å²) in [6.45, 7) is 0. The quantitative estimate of drug-likeness (QED) is 0.342. The first-order valence-electron chi connectivity index (χ1n) is 12.4. The molecule has 176 valence electrons. The highest BCUT2D eigenvalue weighted by molar-refractivity contribution is 5.97. The van der Waals surface area contributed by atoms with Gasteiger partial charge in [0.1, 0.15) is 0 Å². The van der Waals surface area contributed by atoms with Crippen LogP contribution in [0.4, 0.5) is 5.69 Å². The average molecular weight is 463 g/mol. The number of pyridine rings is 1. The second kappa shape index (κ2) is 9.12. The van der Waals surface area contributed by atoms with Crippen LogP contribution in [0.15, 0.2) is 79.5 Å². The third kappa shape index (κ3) is 4.26. The predicted molar refractivity (Wildman–Crippen MR) is 142 cm³/mol. The number of nitrogens with two attached hydrogens (primary N) is 1. The van der Waals surface area contributed by atoms with Gasteiger partial charge in [-0.3, -0.25) is 15.0 Å². The molecule has 3 N–H and O–H groups in total. The molecule has 1 atom stereocenters. The number of rotatable bonds is 5. The first kappa shape index (κ1) is 21.7. The fourth-order valence-electron chi connectivity index (χ4n) is 5.50. The van der Waals surface area contributed by atoms with E-state index in [1.54, 1.807) is 12.4 Å². The van der Waals surface area contributed by atoms with Gasteiger partial charge in [-0.2, -0.15) is 0 Å². The van der Waals surface area contributed by atoms with Crippen LogP contribution in [0.2, 0.25) is 0 Å². The smallest absolute Gasteiger partial charge is 0.0966 e. The largest absolute Gasteiger partial charge is 0.378 e. The molecule has 6 heteroatoms. The second-order valence-electron chi connectivity index (χ2n) is 9.73. The number of hydrogen-bond acceptors (Lipinski definition) is 5. The SMILES string of the molecule is Cn1ccc2ccc(-c3cc(NC(c4cccnc4)C4CCC(N)CC4)cc4nccnc34)cc21. The molecule has 0 bridgehead atoms. The van der Waals surface area contributed by atoms with Crippen molar-refractivity contribution in [3.63, 3.8) is 0 Å². The Morgan fingerprint density at radius 2 is 1.83 bits per heavy atom. The zero-order valence-electron chi connectivity index (χ0n) is 19.9. The molecule has 0 radical (unpaired) electrons. The highest BCUT2D eigenvalue weighted by atomic mass is 14.9. The van der Waals surface area contributed by atoms with E-state index in [4.69, 9.17) is 10.7 Å². The molecule has 3 aromatic heterocycles. The zero-order valence-corrected chi connectivity index (χ0v) is 19.9. The van der Waals surface area contributed by atoms with Crippen LogP contribution >= 0.6 is 0 Å². The molecule has 1 aliphatic rings. The molecule has 1 saturated carbocycles. The molecule has 1 aliphatic carbocycles. The fourth-order valence-corrected chi connectivity index (χ4v) is 5.50. The number of benzene rings is 2. The maximum absolute atomic E-state index is 6.23. The van der Waals surface area contributed by atoms with Crippen LogP contribution in [0.3, 0.4) is 0 Å². The minimum atomic E-state index is 0.161. The standard InChI is InChI=1S/C29H30N6/c1-35-14-10-19-4-5-21(15-27(19)35)25-16-24(17-26-29(25)33-13-12-32-26)34-28(22-3-2-11-31-18-22)20-6-8-23(30)9-7-20/h2-5,10-18,20,23,28,34H,6-9,30H2,1H3. The molecule has 6 nitrogen and oxygen atoms in total. The molecule has 1 fully saturated rings. The predicted octanol–water partition coefficient (Wildman–Crippen LogP) is 5.85. The third-order valence-corrected chi connectivity index (χ3v) is 7.43. The number of aryl methyl sites for hydroxylation is 1. The van der Waals surface area contributed by atoms with Gasteiger partial charge in [-0.05, 0) is 78.4 Å². The Balaban J connectivity index is 1.44. The normalized spacial score (nSPS) is 19.1. The van der Waals surface area contributed by atoms with Crippen LogP contribution in [-0.2, 0) is 7.05 Å². The average Bonchev–Trinajstić information content (AvgIpc) is 3.28. The summed E-state index contributed by atoms with van der Waals surface area (Å²) >= 11 is 0. The van der Waals surface area contributed by atoms with Gasteiger partial charge < -0.3 is 15.6 Å². The van der Waals surface area contributed by atoms with Crippen LogP contribution in [0.25, 0.3) is 33.1 Å². The summed E-state index contributed by atoms with van der Waals surface area (Å²) in [5, 5.41) is 5.10. The van der Waals surface area contributed by atoms with Gasteiger partial charge in [-0.25, -0.2) is 0 Å². The lowest BCUT2D eigenvalue weighted by molar-refractivity contribution is 0.295. The maximum Gasteiger partial charge on any atom is 0.0966 e. The molecule has 2 aromatic carbocycles. The zero-order chi connectivity index (χ0) is 23.8. The van der Waals surface area contributed by atoms with Crippen molar-refractivity contribution in [2.75, 3.05) is 5.32 Å². The van der Waals surface area contributed by atoms with Crippen molar-refractivity contribution in [2.24, 2.45) is 18.7 Å². The van der Waals surface area contributed by atoms with Crippen molar-refractivity contribution in [3.05, 3.63) is 85.1 Å². The van der Waals surface area contributed by atoms with Gasteiger partial charge in [0.25, 0.3) is 0 Å². The molecular formula is C29H30N6. The monoisotopic (exact) mass is 462 g/mol. The maximum atomic E-state index is 6.23. The van der Waals surface area contributed by atoms with Crippen LogP contribution < -0.4 is 11.1 Å². The minimum absolute atomic E-state index is 0.161. The second-order valence-corrected chi connectivity index (χ2v) is 9.73. The van der Waals surface area contributed by atoms with Gasteiger partial charge in [0, 0.05) is 60.8 Å². The number of nitrogens with zero attached hydrogens (tertiary/aromatic N) is 4. The van der Waals surface area contributed by atoms with E-state index in [1.807, 2.05) is 18.5 Å². The van der Waals surface area contributed by atoms with Crippen LogP contribution in [0.5, 0.6) is 0 Å². The molecule has 0 saturated heterocycles. The Hall–Kier alpha value is -3.77. The number of anilines is 1. The lowest BCUT2D eigenvalue weighted by Crippen LogP contribution is -2.31. The van der Waals surface area contributed by atoms with Crippen molar-refractivity contribution in [1.29, 1.82) is 0 Å². The Labute approximate surface area is 205 Å². The summed E-state index contributed by atoms with van der Waals surface area (Å²) in [4.78, 5) is 13.8. The minimum Gasteiger partial charge on any atom is -0.378 e. The van der Waals surface area contributed by atoms with Gasteiger partial charge in [0.15, 0.2) is 0 Å². The topological polar surface area (TPSA) is 81.7 Å². The van der Waals surface area contributed by atoms with Gasteiger partial charge >= 0.3 is 0 Å². The summed E-state index contributed by atoms with van der Waals surface area (Å²) in [6.07, 6.45) is 13.8. The molecule has 1 unspecified atom stereocenters. The van der Waals surface area contributed by atoms with Crippen LogP contribution in [0.1, 0.15) is 37.3 Å². The lowest BCUT2D eigenvalue weighted by Gasteiger charge is -2.34. The molecule has 35 heavy (non-hydrogen) atoms. The van der Waals surface area contributed by atoms with Gasteiger partial charge in [-0.1, -0.05) is 18.2 Å². The van der Waals surface area contributed by atoms with E-state index in [0.717, 1.165) is 53.5 Å². The van der Waals surface area contributed by atoms with E-state index in [-0.39, 0.29) is 6.04 Å². The first-order valence-corrected chi connectivity index (χ1v) is 12.4. The van der Waals surface area contributed by atoms with Crippen molar-refractivity contribution in [2.45, 2.75) is 37.8 Å². The molecule has 0 aliphatic heterocycles. The summed E-state index contributed by atoms with van der Waals surface area (Å²) in [5.41, 5.74) is 13.7. The van der Waals surface area contributed by atoms with E-state index in [2.05, 4.69) is 75.6 Å². The molecule has 6 rings (SSSR count). The first-order chi connectivity index (χ1) is 17.2. The lowest BCUT2D eigenvalue weighted by atomic mass is 9.79. The van der Waals surface area contributed by atoms with Crippen molar-refractivity contribution in [3.8, 4) is 11.1 Å². The van der Waals surface area contributed by atoms with E-state index in [0.29, 0.717) is 12.0 Å². The Morgan fingerprint density at radius 1 is 0.971 bits per heavy atom. The Bertz CT molecular complexity index is 1470. The van der Waals surface area contributed by atoms with Crippen molar-refractivity contribution < 1.29 is 0 Å². The Morgan fingerprint density at radius 3 is 2.66 bits per heavy atom. The van der Waals surface area contributed by atoms with Crippen LogP contribution in [0, 0.1) is 5.92 Å². The fraction of sp³-hybridized carbons (Fsp3) is 0.276. The summed E-state index contributed by atoms with van der Waals surface area (Å²) < 4.78 is 2.15.